The van der Waals surface area contributed by atoms with Gasteiger partial charge < -0.3 is 15.1 Å². The van der Waals surface area contributed by atoms with Crippen LogP contribution in [0.1, 0.15) is 29.8 Å². The summed E-state index contributed by atoms with van der Waals surface area (Å²) in [6.07, 6.45) is -3.18. The molecule has 2 aromatic rings. The smallest absolute Gasteiger partial charge is 0.353 e. The first-order valence-electron chi connectivity index (χ1n) is 10.2. The van der Waals surface area contributed by atoms with E-state index < -0.39 is 17.8 Å². The molecule has 1 N–H and O–H groups in total. The number of alkyl halides is 3. The molecule has 1 fully saturated rings. The highest BCUT2D eigenvalue weighted by molar-refractivity contribution is 9.10. The summed E-state index contributed by atoms with van der Waals surface area (Å²) in [5, 5.41) is 2.80. The number of nitrogens with one attached hydrogen (secondary N) is 1. The fourth-order valence-electron chi connectivity index (χ4n) is 3.54. The molecule has 1 aliphatic rings. The zero-order chi connectivity index (χ0) is 23.5. The molecule has 0 aliphatic carbocycles. The molecule has 3 rings (SSSR count). The largest absolute Gasteiger partial charge is 0.419 e. The fraction of sp³-hybridized carbons (Fsp3) is 0.409. The maximum absolute atomic E-state index is 13.3. The number of halogens is 4. The number of anilines is 1. The number of piperazine rings is 1. The van der Waals surface area contributed by atoms with Crippen molar-refractivity contribution in [3.05, 3.63) is 58.2 Å². The van der Waals surface area contributed by atoms with Gasteiger partial charge in [-0.05, 0) is 42.3 Å². The Labute approximate surface area is 192 Å². The summed E-state index contributed by atoms with van der Waals surface area (Å²) in [5.41, 5.74) is -0.354. The summed E-state index contributed by atoms with van der Waals surface area (Å²) in [5.74, 6) is -0.891. The van der Waals surface area contributed by atoms with Crippen molar-refractivity contribution in [3.8, 4) is 0 Å². The van der Waals surface area contributed by atoms with E-state index in [4.69, 9.17) is 0 Å². The average molecular weight is 513 g/mol. The van der Waals surface area contributed by atoms with Crippen LogP contribution in [-0.2, 0) is 11.0 Å². The van der Waals surface area contributed by atoms with Crippen LogP contribution in [0.5, 0.6) is 0 Å². The molecule has 1 unspecified atom stereocenters. The molecule has 2 heterocycles. The molecular formula is C22H24BrF3N4O2. The van der Waals surface area contributed by atoms with Crippen LogP contribution in [-0.4, -0.2) is 53.9 Å². The SMILES string of the molecule is CC(C)C(NC(=O)c1ccc(Br)cc1)C(=O)N1CCN(c2ncccc2C(F)(F)F)CC1. The summed E-state index contributed by atoms with van der Waals surface area (Å²) in [6, 6.07) is 8.33. The Bertz CT molecular complexity index is 958. The Morgan fingerprint density at radius 1 is 1.06 bits per heavy atom. The highest BCUT2D eigenvalue weighted by Gasteiger charge is 2.37. The van der Waals surface area contributed by atoms with Gasteiger partial charge in [0.05, 0.1) is 5.56 Å². The van der Waals surface area contributed by atoms with E-state index in [1.807, 2.05) is 13.8 Å². The van der Waals surface area contributed by atoms with Crippen LogP contribution in [0, 0.1) is 5.92 Å². The molecule has 2 amide bonds. The van der Waals surface area contributed by atoms with Crippen molar-refractivity contribution in [3.63, 3.8) is 0 Å². The van der Waals surface area contributed by atoms with Crippen LogP contribution in [0.4, 0.5) is 19.0 Å². The number of pyridine rings is 1. The van der Waals surface area contributed by atoms with Gasteiger partial charge in [0.15, 0.2) is 0 Å². The second-order valence-electron chi connectivity index (χ2n) is 7.89. The normalized spacial score (nSPS) is 15.6. The second-order valence-corrected chi connectivity index (χ2v) is 8.80. The Morgan fingerprint density at radius 2 is 1.69 bits per heavy atom. The predicted octanol–water partition coefficient (Wildman–Crippen LogP) is 3.97. The van der Waals surface area contributed by atoms with Gasteiger partial charge in [-0.2, -0.15) is 13.2 Å². The van der Waals surface area contributed by atoms with Crippen molar-refractivity contribution < 1.29 is 22.8 Å². The minimum atomic E-state index is -4.50. The van der Waals surface area contributed by atoms with Gasteiger partial charge >= 0.3 is 6.18 Å². The first-order valence-corrected chi connectivity index (χ1v) is 11.0. The van der Waals surface area contributed by atoms with Crippen LogP contribution in [0.2, 0.25) is 0 Å². The molecule has 10 heteroatoms. The third-order valence-electron chi connectivity index (χ3n) is 5.31. The molecule has 32 heavy (non-hydrogen) atoms. The Morgan fingerprint density at radius 3 is 2.25 bits per heavy atom. The number of carbonyl (C=O) groups excluding carboxylic acids is 2. The summed E-state index contributed by atoms with van der Waals surface area (Å²) in [6.45, 7) is 4.59. The van der Waals surface area contributed by atoms with Gasteiger partial charge in [-0.1, -0.05) is 29.8 Å². The first-order chi connectivity index (χ1) is 15.1. The predicted molar refractivity (Wildman–Crippen MR) is 118 cm³/mol. The molecule has 6 nitrogen and oxygen atoms in total. The molecule has 0 spiro atoms. The number of rotatable bonds is 5. The highest BCUT2D eigenvalue weighted by Crippen LogP contribution is 2.35. The molecule has 1 aromatic carbocycles. The average Bonchev–Trinajstić information content (AvgIpc) is 2.76. The molecule has 172 valence electrons. The number of hydrogen-bond donors (Lipinski definition) is 1. The molecule has 1 aromatic heterocycles. The minimum Gasteiger partial charge on any atom is -0.353 e. The Kier molecular flexibility index (Phi) is 7.43. The number of carbonyl (C=O) groups is 2. The van der Waals surface area contributed by atoms with Crippen LogP contribution in [0.3, 0.4) is 0 Å². The highest BCUT2D eigenvalue weighted by atomic mass is 79.9. The topological polar surface area (TPSA) is 65.5 Å². The van der Waals surface area contributed by atoms with Gasteiger partial charge in [0.1, 0.15) is 11.9 Å². The lowest BCUT2D eigenvalue weighted by atomic mass is 10.0. The maximum Gasteiger partial charge on any atom is 0.419 e. The molecular weight excluding hydrogens is 489 g/mol. The lowest BCUT2D eigenvalue weighted by molar-refractivity contribution is -0.138. The summed E-state index contributed by atoms with van der Waals surface area (Å²) in [4.78, 5) is 32.8. The zero-order valence-corrected chi connectivity index (χ0v) is 19.3. The van der Waals surface area contributed by atoms with Gasteiger partial charge in [-0.15, -0.1) is 0 Å². The fourth-order valence-corrected chi connectivity index (χ4v) is 3.81. The lowest BCUT2D eigenvalue weighted by Crippen LogP contribution is -2.56. The third kappa shape index (κ3) is 5.59. The van der Waals surface area contributed by atoms with Gasteiger partial charge in [0, 0.05) is 42.4 Å². The van der Waals surface area contributed by atoms with Gasteiger partial charge in [-0.3, -0.25) is 9.59 Å². The van der Waals surface area contributed by atoms with Crippen molar-refractivity contribution >= 4 is 33.6 Å². The van der Waals surface area contributed by atoms with Crippen molar-refractivity contribution in [2.45, 2.75) is 26.1 Å². The van der Waals surface area contributed by atoms with E-state index in [0.29, 0.717) is 5.56 Å². The van der Waals surface area contributed by atoms with Crippen molar-refractivity contribution in [1.82, 2.24) is 15.2 Å². The number of nitrogens with zero attached hydrogens (tertiary/aromatic N) is 3. The maximum atomic E-state index is 13.3. The van der Waals surface area contributed by atoms with Crippen LogP contribution in [0.15, 0.2) is 47.1 Å². The molecule has 0 saturated carbocycles. The van der Waals surface area contributed by atoms with Crippen molar-refractivity contribution in [1.29, 1.82) is 0 Å². The summed E-state index contributed by atoms with van der Waals surface area (Å²) in [7, 11) is 0. The number of benzene rings is 1. The van der Waals surface area contributed by atoms with Crippen molar-refractivity contribution in [2.24, 2.45) is 5.92 Å². The third-order valence-corrected chi connectivity index (χ3v) is 5.84. The van der Waals surface area contributed by atoms with Crippen molar-refractivity contribution in [2.75, 3.05) is 31.1 Å². The van der Waals surface area contributed by atoms with E-state index in [0.717, 1.165) is 10.5 Å². The number of aromatic nitrogens is 1. The van der Waals surface area contributed by atoms with Crippen LogP contribution >= 0.6 is 15.9 Å². The van der Waals surface area contributed by atoms with E-state index in [1.54, 1.807) is 29.2 Å². The summed E-state index contributed by atoms with van der Waals surface area (Å²) < 4.78 is 40.8. The lowest BCUT2D eigenvalue weighted by Gasteiger charge is -2.38. The van der Waals surface area contributed by atoms with Crippen LogP contribution in [0.25, 0.3) is 0 Å². The Hall–Kier alpha value is -2.62. The quantitative estimate of drug-likeness (QED) is 0.658. The Balaban J connectivity index is 1.67. The van der Waals surface area contributed by atoms with Gasteiger partial charge in [0.2, 0.25) is 5.91 Å². The van der Waals surface area contributed by atoms with E-state index in [2.05, 4.69) is 26.2 Å². The molecule has 0 bridgehead atoms. The molecule has 1 atom stereocenters. The molecule has 1 saturated heterocycles. The van der Waals surface area contributed by atoms with E-state index in [-0.39, 0.29) is 49.7 Å². The van der Waals surface area contributed by atoms with E-state index in [9.17, 15) is 22.8 Å². The van der Waals surface area contributed by atoms with Crippen LogP contribution < -0.4 is 10.2 Å². The zero-order valence-electron chi connectivity index (χ0n) is 17.7. The van der Waals surface area contributed by atoms with E-state index >= 15 is 0 Å². The molecule has 0 radical (unpaired) electrons. The van der Waals surface area contributed by atoms with E-state index in [1.165, 1.54) is 17.2 Å². The van der Waals surface area contributed by atoms with Gasteiger partial charge in [-0.25, -0.2) is 4.98 Å². The number of amides is 2. The standard InChI is InChI=1S/C22H24BrF3N4O2/c1-14(2)18(28-20(31)15-5-7-16(23)8-6-15)21(32)30-12-10-29(11-13-30)19-17(22(24,25)26)4-3-9-27-19/h3-9,14,18H,10-13H2,1-2H3,(H,28,31). The second kappa shape index (κ2) is 9.89. The summed E-state index contributed by atoms with van der Waals surface area (Å²) >= 11 is 3.32. The van der Waals surface area contributed by atoms with Gasteiger partial charge in [0.25, 0.3) is 5.91 Å². The minimum absolute atomic E-state index is 0.129. The monoisotopic (exact) mass is 512 g/mol. The first kappa shape index (κ1) is 24.0. The number of hydrogen-bond acceptors (Lipinski definition) is 4. The molecule has 1 aliphatic heterocycles.